The van der Waals surface area contributed by atoms with Gasteiger partial charge in [-0.15, -0.1) is 0 Å². The first-order valence-corrected chi connectivity index (χ1v) is 8.19. The molecule has 0 amide bonds. The topological polar surface area (TPSA) is 112 Å². The van der Waals surface area contributed by atoms with Crippen molar-refractivity contribution in [3.63, 3.8) is 0 Å². The van der Waals surface area contributed by atoms with Gasteiger partial charge >= 0.3 is 0 Å². The summed E-state index contributed by atoms with van der Waals surface area (Å²) < 4.78 is 33.8. The molecule has 2 aromatic rings. The minimum Gasteiger partial charge on any atom is -0.486 e. The maximum absolute atomic E-state index is 12.1. The van der Waals surface area contributed by atoms with Gasteiger partial charge in [-0.3, -0.25) is 4.68 Å². The van der Waals surface area contributed by atoms with Crippen molar-refractivity contribution < 1.29 is 13.2 Å². The summed E-state index contributed by atoms with van der Waals surface area (Å²) in [7, 11) is -1.80. The van der Waals surface area contributed by atoms with Crippen LogP contribution in [0.5, 0.6) is 5.75 Å². The van der Waals surface area contributed by atoms with Gasteiger partial charge in [0.2, 0.25) is 10.0 Å². The van der Waals surface area contributed by atoms with Crippen LogP contribution >= 0.6 is 0 Å². The van der Waals surface area contributed by atoms with Gasteiger partial charge in [0, 0.05) is 19.6 Å². The molecule has 1 heterocycles. The summed E-state index contributed by atoms with van der Waals surface area (Å²) in [5.41, 5.74) is 5.42. The fraction of sp³-hybridized carbons (Fsp3) is 0.385. The molecular weight excluding hydrogens is 306 g/mol. The second-order valence-corrected chi connectivity index (χ2v) is 6.53. The molecule has 0 saturated carbocycles. The van der Waals surface area contributed by atoms with Crippen LogP contribution in [0.3, 0.4) is 0 Å². The van der Waals surface area contributed by atoms with Crippen molar-refractivity contribution >= 4 is 10.0 Å². The predicted octanol–water partition coefficient (Wildman–Crippen LogP) is 0.0196. The van der Waals surface area contributed by atoms with Gasteiger partial charge in [0.1, 0.15) is 18.7 Å². The molecule has 1 aromatic carbocycles. The Kier molecular flexibility index (Phi) is 5.11. The van der Waals surface area contributed by atoms with Crippen LogP contribution in [-0.4, -0.2) is 35.8 Å². The van der Waals surface area contributed by atoms with Crippen LogP contribution in [0, 0.1) is 0 Å². The van der Waals surface area contributed by atoms with Crippen molar-refractivity contribution in [2.75, 3.05) is 6.54 Å². The van der Waals surface area contributed by atoms with Crippen LogP contribution in [0.2, 0.25) is 0 Å². The van der Waals surface area contributed by atoms with E-state index in [9.17, 15) is 8.42 Å². The average molecular weight is 325 g/mol. The lowest BCUT2D eigenvalue weighted by Crippen LogP contribution is -2.37. The highest BCUT2D eigenvalue weighted by atomic mass is 32.2. The van der Waals surface area contributed by atoms with Crippen LogP contribution in [0.1, 0.15) is 12.7 Å². The summed E-state index contributed by atoms with van der Waals surface area (Å²) in [5, 5.41) is 3.94. The molecule has 0 spiro atoms. The summed E-state index contributed by atoms with van der Waals surface area (Å²) >= 11 is 0. The van der Waals surface area contributed by atoms with Gasteiger partial charge in [-0.1, -0.05) is 0 Å². The Labute approximate surface area is 129 Å². The van der Waals surface area contributed by atoms with Crippen LogP contribution < -0.4 is 15.2 Å². The van der Waals surface area contributed by atoms with E-state index in [1.807, 2.05) is 0 Å². The van der Waals surface area contributed by atoms with E-state index in [2.05, 4.69) is 14.8 Å². The summed E-state index contributed by atoms with van der Waals surface area (Å²) in [5.74, 6) is 1.23. The smallest absolute Gasteiger partial charge is 0.240 e. The van der Waals surface area contributed by atoms with Gasteiger partial charge in [-0.25, -0.2) is 18.1 Å². The van der Waals surface area contributed by atoms with Crippen LogP contribution in [0.25, 0.3) is 0 Å². The third kappa shape index (κ3) is 4.03. The summed E-state index contributed by atoms with van der Waals surface area (Å²) in [6.07, 6.45) is 1.44. The predicted molar refractivity (Wildman–Crippen MR) is 80.6 cm³/mol. The molecule has 1 atom stereocenters. The van der Waals surface area contributed by atoms with Crippen molar-refractivity contribution in [3.05, 3.63) is 36.4 Å². The van der Waals surface area contributed by atoms with E-state index in [1.54, 1.807) is 30.8 Å². The number of ether oxygens (including phenoxy) is 1. The SMILES string of the molecule is C[C@@H](CN)NS(=O)(=O)c1ccc(OCc2ncnn2C)cc1. The molecule has 1 aromatic heterocycles. The van der Waals surface area contributed by atoms with Gasteiger partial charge in [0.15, 0.2) is 5.82 Å². The lowest BCUT2D eigenvalue weighted by Gasteiger charge is -2.12. The van der Waals surface area contributed by atoms with Crippen LogP contribution in [0.4, 0.5) is 0 Å². The molecule has 0 radical (unpaired) electrons. The molecule has 0 aliphatic rings. The third-order valence-corrected chi connectivity index (χ3v) is 4.62. The Morgan fingerprint density at radius 1 is 1.36 bits per heavy atom. The van der Waals surface area contributed by atoms with Crippen molar-refractivity contribution in [1.82, 2.24) is 19.5 Å². The van der Waals surface area contributed by atoms with Crippen molar-refractivity contribution in [2.45, 2.75) is 24.5 Å². The third-order valence-electron chi connectivity index (χ3n) is 3.02. The molecule has 0 bridgehead atoms. The Hall–Kier alpha value is -1.97. The molecule has 120 valence electrons. The van der Waals surface area contributed by atoms with Crippen molar-refractivity contribution in [3.8, 4) is 5.75 Å². The zero-order valence-corrected chi connectivity index (χ0v) is 13.2. The molecular formula is C13H19N5O3S. The number of nitrogens with two attached hydrogens (primary N) is 1. The second kappa shape index (κ2) is 6.86. The largest absolute Gasteiger partial charge is 0.486 e. The van der Waals surface area contributed by atoms with Gasteiger partial charge in [0.25, 0.3) is 0 Å². The fourth-order valence-corrected chi connectivity index (χ4v) is 2.95. The number of sulfonamides is 1. The van der Waals surface area contributed by atoms with E-state index in [0.29, 0.717) is 11.6 Å². The molecule has 3 N–H and O–H groups in total. The number of rotatable bonds is 7. The van der Waals surface area contributed by atoms with E-state index in [1.165, 1.54) is 18.5 Å². The highest BCUT2D eigenvalue weighted by Gasteiger charge is 2.16. The van der Waals surface area contributed by atoms with E-state index >= 15 is 0 Å². The molecule has 22 heavy (non-hydrogen) atoms. The highest BCUT2D eigenvalue weighted by molar-refractivity contribution is 7.89. The molecule has 0 saturated heterocycles. The monoisotopic (exact) mass is 325 g/mol. The lowest BCUT2D eigenvalue weighted by molar-refractivity contribution is 0.289. The first kappa shape index (κ1) is 16.4. The molecule has 0 aliphatic carbocycles. The quantitative estimate of drug-likeness (QED) is 0.742. The van der Waals surface area contributed by atoms with E-state index in [4.69, 9.17) is 10.5 Å². The number of nitrogens with one attached hydrogen (secondary N) is 1. The highest BCUT2D eigenvalue weighted by Crippen LogP contribution is 2.17. The summed E-state index contributed by atoms with van der Waals surface area (Å²) in [4.78, 5) is 4.20. The lowest BCUT2D eigenvalue weighted by atomic mass is 10.3. The Bertz CT molecular complexity index is 712. The van der Waals surface area contributed by atoms with Crippen molar-refractivity contribution in [2.24, 2.45) is 12.8 Å². The molecule has 0 aliphatic heterocycles. The van der Waals surface area contributed by atoms with Crippen LogP contribution in [-0.2, 0) is 23.7 Å². The van der Waals surface area contributed by atoms with E-state index in [-0.39, 0.29) is 24.1 Å². The molecule has 0 fully saturated rings. The fourth-order valence-electron chi connectivity index (χ4n) is 1.69. The maximum atomic E-state index is 12.1. The molecule has 9 heteroatoms. The summed E-state index contributed by atoms with van der Waals surface area (Å²) in [6.45, 7) is 2.19. The molecule has 0 unspecified atom stereocenters. The Morgan fingerprint density at radius 3 is 2.59 bits per heavy atom. The second-order valence-electron chi connectivity index (χ2n) is 4.82. The zero-order chi connectivity index (χ0) is 16.2. The van der Waals surface area contributed by atoms with E-state index < -0.39 is 10.0 Å². The Morgan fingerprint density at radius 2 is 2.05 bits per heavy atom. The van der Waals surface area contributed by atoms with Gasteiger partial charge in [0.05, 0.1) is 4.90 Å². The van der Waals surface area contributed by atoms with Crippen molar-refractivity contribution in [1.29, 1.82) is 0 Å². The minimum absolute atomic E-state index is 0.166. The normalized spacial score (nSPS) is 13.0. The zero-order valence-electron chi connectivity index (χ0n) is 12.4. The van der Waals surface area contributed by atoms with Gasteiger partial charge < -0.3 is 10.5 Å². The first-order valence-electron chi connectivity index (χ1n) is 6.70. The van der Waals surface area contributed by atoms with Gasteiger partial charge in [-0.05, 0) is 31.2 Å². The molecule has 2 rings (SSSR count). The first-order chi connectivity index (χ1) is 10.4. The minimum atomic E-state index is -3.57. The number of nitrogens with zero attached hydrogens (tertiary/aromatic N) is 3. The summed E-state index contributed by atoms with van der Waals surface area (Å²) in [6, 6.07) is 5.84. The molecule has 8 nitrogen and oxygen atoms in total. The number of hydrogen-bond donors (Lipinski definition) is 2. The van der Waals surface area contributed by atoms with Crippen LogP contribution in [0.15, 0.2) is 35.5 Å². The van der Waals surface area contributed by atoms with E-state index in [0.717, 1.165) is 0 Å². The number of benzene rings is 1. The van der Waals surface area contributed by atoms with Gasteiger partial charge in [-0.2, -0.15) is 5.10 Å². The standard InChI is InChI=1S/C13H19N5O3S/c1-10(7-14)17-22(19,20)12-5-3-11(4-6-12)21-8-13-15-9-16-18(13)2/h3-6,9-10,17H,7-8,14H2,1-2H3/t10-/m0/s1. The maximum Gasteiger partial charge on any atom is 0.240 e. The number of aryl methyl sites for hydroxylation is 1. The number of hydrogen-bond acceptors (Lipinski definition) is 6. The average Bonchev–Trinajstić information content (AvgIpc) is 2.90. The number of aromatic nitrogens is 3. The Balaban J connectivity index is 2.02.